The summed E-state index contributed by atoms with van der Waals surface area (Å²) in [4.78, 5) is 29.4. The van der Waals surface area contributed by atoms with Crippen LogP contribution in [0.25, 0.3) is 0 Å². The highest BCUT2D eigenvalue weighted by atomic mass is 16.7. The minimum atomic E-state index is -0.662. The van der Waals surface area contributed by atoms with Gasteiger partial charge < -0.3 is 34.1 Å². The van der Waals surface area contributed by atoms with Gasteiger partial charge in [0, 0.05) is 19.6 Å². The number of benzene rings is 2. The maximum atomic E-state index is 13.0. The number of hydrogen-bond acceptors (Lipinski definition) is 7. The average Bonchev–Trinajstić information content (AvgIpc) is 3.31. The quantitative estimate of drug-likeness (QED) is 0.748. The van der Waals surface area contributed by atoms with Crippen molar-refractivity contribution in [2.75, 3.05) is 51.1 Å². The zero-order valence-corrected chi connectivity index (χ0v) is 17.6. The average molecular weight is 439 g/mol. The largest absolute Gasteiger partial charge is 0.477 e. The Morgan fingerprint density at radius 2 is 1.81 bits per heavy atom. The smallest absolute Gasteiger partial charge is 0.265 e. The molecular weight excluding hydrogens is 414 g/mol. The van der Waals surface area contributed by atoms with E-state index < -0.39 is 6.10 Å². The standard InChI is InChI=1S/C23H25N3O6/c27-22(24-12-16-5-6-19-20(11-16)31-15-30-19)14-26-13-21(23(28)25-7-9-29-10-8-25)32-18-4-2-1-3-17(18)26/h1-6,11,21H,7-10,12-15H2,(H,24,27). The summed E-state index contributed by atoms with van der Waals surface area (Å²) in [5.41, 5.74) is 1.72. The molecule has 2 aromatic rings. The predicted molar refractivity (Wildman–Crippen MR) is 115 cm³/mol. The highest BCUT2D eigenvalue weighted by Gasteiger charge is 2.34. The van der Waals surface area contributed by atoms with E-state index in [0.717, 1.165) is 11.3 Å². The number of para-hydroxylation sites is 2. The first-order valence-corrected chi connectivity index (χ1v) is 10.7. The van der Waals surface area contributed by atoms with E-state index >= 15 is 0 Å². The van der Waals surface area contributed by atoms with E-state index in [1.54, 1.807) is 4.90 Å². The fourth-order valence-corrected chi connectivity index (χ4v) is 4.05. The van der Waals surface area contributed by atoms with Crippen LogP contribution in [0.1, 0.15) is 5.56 Å². The van der Waals surface area contributed by atoms with Crippen LogP contribution in [0.4, 0.5) is 5.69 Å². The van der Waals surface area contributed by atoms with Crippen LogP contribution in [-0.4, -0.2) is 69.0 Å². The predicted octanol–water partition coefficient (Wildman–Crippen LogP) is 1.16. The van der Waals surface area contributed by atoms with Crippen molar-refractivity contribution in [3.05, 3.63) is 48.0 Å². The fourth-order valence-electron chi connectivity index (χ4n) is 4.05. The molecule has 0 radical (unpaired) electrons. The van der Waals surface area contributed by atoms with Gasteiger partial charge >= 0.3 is 0 Å². The molecule has 3 aliphatic rings. The summed E-state index contributed by atoms with van der Waals surface area (Å²) in [5, 5.41) is 2.95. The van der Waals surface area contributed by atoms with Gasteiger partial charge in [0.25, 0.3) is 5.91 Å². The van der Waals surface area contributed by atoms with Crippen LogP contribution in [0, 0.1) is 0 Å². The highest BCUT2D eigenvalue weighted by molar-refractivity contribution is 5.86. The van der Waals surface area contributed by atoms with Crippen molar-refractivity contribution in [2.45, 2.75) is 12.6 Å². The van der Waals surface area contributed by atoms with Gasteiger partial charge in [-0.05, 0) is 29.8 Å². The first kappa shape index (κ1) is 20.4. The Morgan fingerprint density at radius 3 is 2.69 bits per heavy atom. The van der Waals surface area contributed by atoms with E-state index in [-0.39, 0.29) is 25.2 Å². The van der Waals surface area contributed by atoms with Crippen molar-refractivity contribution in [1.29, 1.82) is 0 Å². The third kappa shape index (κ3) is 4.29. The number of hydrogen-bond donors (Lipinski definition) is 1. The zero-order chi connectivity index (χ0) is 21.9. The summed E-state index contributed by atoms with van der Waals surface area (Å²) in [5.74, 6) is 1.78. The second-order valence-corrected chi connectivity index (χ2v) is 7.86. The molecular formula is C23H25N3O6. The molecule has 5 rings (SSSR count). The van der Waals surface area contributed by atoms with Gasteiger partial charge in [-0.3, -0.25) is 9.59 Å². The summed E-state index contributed by atoms with van der Waals surface area (Å²) >= 11 is 0. The van der Waals surface area contributed by atoms with E-state index in [2.05, 4.69) is 5.32 Å². The van der Waals surface area contributed by atoms with Crippen LogP contribution in [0.2, 0.25) is 0 Å². The molecule has 2 aromatic carbocycles. The monoisotopic (exact) mass is 439 g/mol. The number of ether oxygens (including phenoxy) is 4. The van der Waals surface area contributed by atoms with Crippen molar-refractivity contribution in [3.8, 4) is 17.2 Å². The number of amides is 2. The van der Waals surface area contributed by atoms with Gasteiger partial charge in [0.15, 0.2) is 17.6 Å². The molecule has 0 spiro atoms. The van der Waals surface area contributed by atoms with Crippen LogP contribution in [0.5, 0.6) is 17.2 Å². The van der Waals surface area contributed by atoms with Crippen LogP contribution >= 0.6 is 0 Å². The first-order valence-electron chi connectivity index (χ1n) is 10.7. The van der Waals surface area contributed by atoms with Crippen molar-refractivity contribution in [2.24, 2.45) is 0 Å². The third-order valence-electron chi connectivity index (χ3n) is 5.72. The van der Waals surface area contributed by atoms with Crippen molar-refractivity contribution in [3.63, 3.8) is 0 Å². The number of fused-ring (bicyclic) bond motifs is 2. The summed E-state index contributed by atoms with van der Waals surface area (Å²) in [6.45, 7) is 3.18. The van der Waals surface area contributed by atoms with Crippen LogP contribution in [0.15, 0.2) is 42.5 Å². The van der Waals surface area contributed by atoms with Gasteiger partial charge in [-0.25, -0.2) is 0 Å². The van der Waals surface area contributed by atoms with E-state index in [9.17, 15) is 9.59 Å². The molecule has 9 heteroatoms. The molecule has 168 valence electrons. The maximum absolute atomic E-state index is 13.0. The third-order valence-corrected chi connectivity index (χ3v) is 5.72. The lowest BCUT2D eigenvalue weighted by molar-refractivity contribution is -0.142. The Balaban J connectivity index is 1.24. The number of rotatable bonds is 5. The van der Waals surface area contributed by atoms with Gasteiger partial charge in [0.05, 0.1) is 32.0 Å². The molecule has 1 atom stereocenters. The Kier molecular flexibility index (Phi) is 5.72. The molecule has 32 heavy (non-hydrogen) atoms. The van der Waals surface area contributed by atoms with E-state index in [0.29, 0.717) is 56.6 Å². The Labute approximate surface area is 185 Å². The minimum absolute atomic E-state index is 0.0754. The number of morpholine rings is 1. The summed E-state index contributed by atoms with van der Waals surface area (Å²) in [7, 11) is 0. The van der Waals surface area contributed by atoms with E-state index in [4.69, 9.17) is 18.9 Å². The SMILES string of the molecule is O=C(CN1CC(C(=O)N2CCOCC2)Oc2ccccc21)NCc1ccc2c(c1)OCO2. The Bertz CT molecular complexity index is 1010. The van der Waals surface area contributed by atoms with Gasteiger partial charge in [-0.15, -0.1) is 0 Å². The molecule has 0 bridgehead atoms. The Morgan fingerprint density at radius 1 is 1.00 bits per heavy atom. The van der Waals surface area contributed by atoms with Crippen LogP contribution < -0.4 is 24.4 Å². The number of nitrogens with one attached hydrogen (secondary N) is 1. The summed E-state index contributed by atoms with van der Waals surface area (Å²) < 4.78 is 22.1. The maximum Gasteiger partial charge on any atom is 0.265 e. The number of carbonyl (C=O) groups is 2. The van der Waals surface area contributed by atoms with E-state index in [1.807, 2.05) is 47.4 Å². The molecule has 1 unspecified atom stereocenters. The zero-order valence-electron chi connectivity index (χ0n) is 17.6. The van der Waals surface area contributed by atoms with Gasteiger partial charge in [0.2, 0.25) is 12.7 Å². The molecule has 0 aromatic heterocycles. The molecule has 1 N–H and O–H groups in total. The molecule has 3 aliphatic heterocycles. The summed E-state index contributed by atoms with van der Waals surface area (Å²) in [6.07, 6.45) is -0.662. The lowest BCUT2D eigenvalue weighted by Crippen LogP contribution is -2.54. The Hall–Kier alpha value is -3.46. The molecule has 1 fully saturated rings. The fraction of sp³-hybridized carbons (Fsp3) is 0.391. The molecule has 2 amide bonds. The molecule has 3 heterocycles. The minimum Gasteiger partial charge on any atom is -0.477 e. The van der Waals surface area contributed by atoms with Crippen LogP contribution in [-0.2, 0) is 20.9 Å². The first-order chi connectivity index (χ1) is 15.7. The van der Waals surface area contributed by atoms with Crippen molar-refractivity contribution < 1.29 is 28.5 Å². The molecule has 9 nitrogen and oxygen atoms in total. The van der Waals surface area contributed by atoms with Crippen LogP contribution in [0.3, 0.4) is 0 Å². The van der Waals surface area contributed by atoms with E-state index in [1.165, 1.54) is 0 Å². The van der Waals surface area contributed by atoms with Crippen molar-refractivity contribution >= 4 is 17.5 Å². The molecule has 0 aliphatic carbocycles. The highest BCUT2D eigenvalue weighted by Crippen LogP contribution is 2.34. The van der Waals surface area contributed by atoms with Gasteiger partial charge in [0.1, 0.15) is 5.75 Å². The lowest BCUT2D eigenvalue weighted by atomic mass is 10.1. The second-order valence-electron chi connectivity index (χ2n) is 7.86. The van der Waals surface area contributed by atoms with Crippen molar-refractivity contribution in [1.82, 2.24) is 10.2 Å². The van der Waals surface area contributed by atoms with Gasteiger partial charge in [-0.2, -0.15) is 0 Å². The topological polar surface area (TPSA) is 89.6 Å². The second kappa shape index (κ2) is 8.96. The number of nitrogens with zero attached hydrogens (tertiary/aromatic N) is 2. The number of anilines is 1. The normalized spacial score (nSPS) is 19.2. The number of carbonyl (C=O) groups excluding carboxylic acids is 2. The summed E-state index contributed by atoms with van der Waals surface area (Å²) in [6, 6.07) is 13.1. The molecule has 1 saturated heterocycles. The lowest BCUT2D eigenvalue weighted by Gasteiger charge is -2.38. The van der Waals surface area contributed by atoms with Gasteiger partial charge in [-0.1, -0.05) is 18.2 Å². The molecule has 0 saturated carbocycles.